The lowest BCUT2D eigenvalue weighted by molar-refractivity contribution is -0.116. The number of nitrogens with zero attached hydrogens (tertiary/aromatic N) is 1. The van der Waals surface area contributed by atoms with Gasteiger partial charge in [-0.15, -0.1) is 0 Å². The molecule has 1 radical (unpaired) electrons. The first-order valence-corrected chi connectivity index (χ1v) is 6.33. The zero-order valence-electron chi connectivity index (χ0n) is 10.1. The lowest BCUT2D eigenvalue weighted by atomic mass is 10.1. The third-order valence-electron chi connectivity index (χ3n) is 3.11. The average molecular weight is 231 g/mol. The molecule has 1 amide bonds. The van der Waals surface area contributed by atoms with Crippen LogP contribution in [0.25, 0.3) is 0 Å². The van der Waals surface area contributed by atoms with Crippen LogP contribution < -0.4 is 5.32 Å². The monoisotopic (exact) mass is 231 g/mol. The van der Waals surface area contributed by atoms with Crippen LogP contribution in [0.5, 0.6) is 0 Å². The minimum absolute atomic E-state index is 0.0989. The van der Waals surface area contributed by atoms with E-state index in [1.807, 2.05) is 12.1 Å². The van der Waals surface area contributed by atoms with Crippen molar-refractivity contribution in [1.29, 1.82) is 0 Å². The summed E-state index contributed by atoms with van der Waals surface area (Å²) in [6, 6.07) is 10.3. The van der Waals surface area contributed by atoms with Crippen LogP contribution in [0.1, 0.15) is 25.7 Å². The highest BCUT2D eigenvalue weighted by Gasteiger charge is 2.11. The molecule has 0 spiro atoms. The Kier molecular flexibility index (Phi) is 4.56. The maximum Gasteiger partial charge on any atom is 0.225 e. The number of piperidine rings is 1. The van der Waals surface area contributed by atoms with Crippen LogP contribution in [-0.2, 0) is 4.79 Å². The van der Waals surface area contributed by atoms with Crippen LogP contribution in [0.2, 0.25) is 0 Å². The van der Waals surface area contributed by atoms with Crippen LogP contribution in [0, 0.1) is 6.07 Å². The Morgan fingerprint density at radius 1 is 1.24 bits per heavy atom. The molecule has 0 atom stereocenters. The molecule has 0 aliphatic carbocycles. The van der Waals surface area contributed by atoms with Gasteiger partial charge in [0, 0.05) is 18.7 Å². The summed E-state index contributed by atoms with van der Waals surface area (Å²) in [6.45, 7) is 3.17. The van der Waals surface area contributed by atoms with E-state index in [0.717, 1.165) is 25.3 Å². The molecule has 1 aromatic rings. The Bertz CT molecular complexity index is 344. The van der Waals surface area contributed by atoms with E-state index in [-0.39, 0.29) is 5.91 Å². The van der Waals surface area contributed by atoms with Crippen molar-refractivity contribution in [2.75, 3.05) is 25.0 Å². The molecule has 3 nitrogen and oxygen atoms in total. The minimum atomic E-state index is 0.0989. The fourth-order valence-corrected chi connectivity index (χ4v) is 2.14. The first-order valence-electron chi connectivity index (χ1n) is 6.33. The molecule has 1 aliphatic heterocycles. The normalized spacial score (nSPS) is 16.7. The molecule has 0 bridgehead atoms. The molecule has 91 valence electrons. The summed E-state index contributed by atoms with van der Waals surface area (Å²) in [5, 5.41) is 2.90. The molecule has 1 heterocycles. The number of likely N-dealkylation sites (tertiary alicyclic amines) is 1. The van der Waals surface area contributed by atoms with Gasteiger partial charge >= 0.3 is 0 Å². The van der Waals surface area contributed by atoms with Gasteiger partial charge in [-0.1, -0.05) is 18.6 Å². The maximum absolute atomic E-state index is 11.7. The van der Waals surface area contributed by atoms with E-state index in [0.29, 0.717) is 6.42 Å². The predicted molar refractivity (Wildman–Crippen MR) is 68.8 cm³/mol. The van der Waals surface area contributed by atoms with Crippen LogP contribution in [0.4, 0.5) is 5.69 Å². The minimum Gasteiger partial charge on any atom is -0.326 e. The van der Waals surface area contributed by atoms with E-state index in [1.54, 1.807) is 12.1 Å². The second-order valence-corrected chi connectivity index (χ2v) is 4.49. The molecular formula is C14H19N2O. The first kappa shape index (κ1) is 12.1. The highest BCUT2D eigenvalue weighted by Crippen LogP contribution is 2.09. The van der Waals surface area contributed by atoms with Crippen molar-refractivity contribution >= 4 is 11.6 Å². The SMILES string of the molecule is O=C(CCN1CCCCC1)Nc1cc[c]cc1. The largest absolute Gasteiger partial charge is 0.326 e. The van der Waals surface area contributed by atoms with Gasteiger partial charge in [-0.3, -0.25) is 4.79 Å². The van der Waals surface area contributed by atoms with Gasteiger partial charge in [-0.25, -0.2) is 0 Å². The summed E-state index contributed by atoms with van der Waals surface area (Å²) in [5.41, 5.74) is 0.854. The van der Waals surface area contributed by atoms with Crippen LogP contribution >= 0.6 is 0 Å². The molecule has 3 heteroatoms. The summed E-state index contributed by atoms with van der Waals surface area (Å²) in [4.78, 5) is 14.1. The quantitative estimate of drug-likeness (QED) is 0.862. The van der Waals surface area contributed by atoms with E-state index in [9.17, 15) is 4.79 Å². The van der Waals surface area contributed by atoms with Gasteiger partial charge in [-0.2, -0.15) is 0 Å². The number of amides is 1. The molecule has 2 rings (SSSR count). The zero-order chi connectivity index (χ0) is 11.9. The van der Waals surface area contributed by atoms with Crippen molar-refractivity contribution in [3.63, 3.8) is 0 Å². The van der Waals surface area contributed by atoms with Crippen molar-refractivity contribution in [2.45, 2.75) is 25.7 Å². The van der Waals surface area contributed by atoms with Crippen LogP contribution in [0.3, 0.4) is 0 Å². The number of benzene rings is 1. The van der Waals surface area contributed by atoms with E-state index in [4.69, 9.17) is 0 Å². The van der Waals surface area contributed by atoms with Crippen LogP contribution in [-0.4, -0.2) is 30.4 Å². The number of nitrogens with one attached hydrogen (secondary N) is 1. The van der Waals surface area contributed by atoms with Crippen molar-refractivity contribution in [2.24, 2.45) is 0 Å². The third-order valence-corrected chi connectivity index (χ3v) is 3.11. The first-order chi connectivity index (χ1) is 8.34. The molecule has 1 aliphatic rings. The maximum atomic E-state index is 11.7. The second-order valence-electron chi connectivity index (χ2n) is 4.49. The Hall–Kier alpha value is -1.35. The van der Waals surface area contributed by atoms with E-state index >= 15 is 0 Å². The highest BCUT2D eigenvalue weighted by molar-refractivity contribution is 5.90. The van der Waals surface area contributed by atoms with Gasteiger partial charge in [0.15, 0.2) is 0 Å². The topological polar surface area (TPSA) is 32.3 Å². The summed E-state index contributed by atoms with van der Waals surface area (Å²) in [6.07, 6.45) is 4.47. The van der Waals surface area contributed by atoms with Crippen molar-refractivity contribution in [3.05, 3.63) is 30.3 Å². The van der Waals surface area contributed by atoms with Gasteiger partial charge in [-0.05, 0) is 44.1 Å². The summed E-state index contributed by atoms with van der Waals surface area (Å²) in [5.74, 6) is 0.0989. The molecule has 1 fully saturated rings. The molecule has 0 saturated carbocycles. The number of carbonyl (C=O) groups excluding carboxylic acids is 1. The Morgan fingerprint density at radius 2 is 1.94 bits per heavy atom. The molecule has 17 heavy (non-hydrogen) atoms. The van der Waals surface area contributed by atoms with Crippen molar-refractivity contribution in [3.8, 4) is 0 Å². The van der Waals surface area contributed by atoms with E-state index in [2.05, 4.69) is 16.3 Å². The Labute approximate surface area is 103 Å². The molecule has 0 aromatic heterocycles. The van der Waals surface area contributed by atoms with Gasteiger partial charge in [0.25, 0.3) is 0 Å². The number of hydrogen-bond acceptors (Lipinski definition) is 2. The summed E-state index contributed by atoms with van der Waals surface area (Å²) in [7, 11) is 0. The lowest BCUT2D eigenvalue weighted by Crippen LogP contribution is -2.32. The van der Waals surface area contributed by atoms with Crippen LogP contribution in [0.15, 0.2) is 24.3 Å². The molecule has 1 N–H and O–H groups in total. The van der Waals surface area contributed by atoms with E-state index < -0.39 is 0 Å². The highest BCUT2D eigenvalue weighted by atomic mass is 16.1. The van der Waals surface area contributed by atoms with Crippen molar-refractivity contribution in [1.82, 2.24) is 4.90 Å². The van der Waals surface area contributed by atoms with Gasteiger partial charge in [0.2, 0.25) is 5.91 Å². The second kappa shape index (κ2) is 6.40. The standard InChI is InChI=1S/C14H19N2O/c17-14(15-13-7-3-1-4-8-13)9-12-16-10-5-2-6-11-16/h3-4,7-8H,2,5-6,9-12H2,(H,15,17). The number of anilines is 1. The summed E-state index contributed by atoms with van der Waals surface area (Å²) < 4.78 is 0. The van der Waals surface area contributed by atoms with Crippen molar-refractivity contribution < 1.29 is 4.79 Å². The third kappa shape index (κ3) is 4.19. The average Bonchev–Trinajstić information content (AvgIpc) is 2.39. The predicted octanol–water partition coefficient (Wildman–Crippen LogP) is 2.30. The lowest BCUT2D eigenvalue weighted by Gasteiger charge is -2.25. The Balaban J connectivity index is 1.70. The number of rotatable bonds is 4. The smallest absolute Gasteiger partial charge is 0.225 e. The fraction of sp³-hybridized carbons (Fsp3) is 0.500. The molecule has 1 aromatic carbocycles. The molecule has 0 unspecified atom stereocenters. The van der Waals surface area contributed by atoms with E-state index in [1.165, 1.54) is 19.3 Å². The zero-order valence-corrected chi connectivity index (χ0v) is 10.1. The van der Waals surface area contributed by atoms with Gasteiger partial charge < -0.3 is 10.2 Å². The fourth-order valence-electron chi connectivity index (χ4n) is 2.14. The molecular weight excluding hydrogens is 212 g/mol. The van der Waals surface area contributed by atoms with Gasteiger partial charge in [0.1, 0.15) is 0 Å². The number of hydrogen-bond donors (Lipinski definition) is 1. The number of carbonyl (C=O) groups is 1. The van der Waals surface area contributed by atoms with Gasteiger partial charge in [0.05, 0.1) is 0 Å². The Morgan fingerprint density at radius 3 is 2.65 bits per heavy atom. The molecule has 1 saturated heterocycles. The summed E-state index contributed by atoms with van der Waals surface area (Å²) >= 11 is 0.